The quantitative estimate of drug-likeness (QED) is 0.392. The highest BCUT2D eigenvalue weighted by molar-refractivity contribution is 7.15. The van der Waals surface area contributed by atoms with Gasteiger partial charge in [0.15, 0.2) is 5.13 Å². The predicted molar refractivity (Wildman–Crippen MR) is 119 cm³/mol. The SMILES string of the molecule is COc1ccc(Oc2ccc(C(=O)Nc3ncc(Cc4ccc(F)cc4)s3)cc2)cc1. The molecule has 1 N–H and O–H groups in total. The molecule has 156 valence electrons. The van der Waals surface area contributed by atoms with Crippen molar-refractivity contribution in [3.8, 4) is 17.2 Å². The van der Waals surface area contributed by atoms with Gasteiger partial charge in [-0.15, -0.1) is 11.3 Å². The molecule has 1 heterocycles. The number of hydrogen-bond acceptors (Lipinski definition) is 5. The van der Waals surface area contributed by atoms with Crippen molar-refractivity contribution in [2.24, 2.45) is 0 Å². The van der Waals surface area contributed by atoms with E-state index in [2.05, 4.69) is 10.3 Å². The van der Waals surface area contributed by atoms with Gasteiger partial charge < -0.3 is 9.47 Å². The molecule has 4 rings (SSSR count). The largest absolute Gasteiger partial charge is 0.497 e. The molecule has 4 aromatic rings. The molecule has 0 aliphatic carbocycles. The zero-order valence-corrected chi connectivity index (χ0v) is 17.5. The van der Waals surface area contributed by atoms with Crippen molar-refractivity contribution in [1.29, 1.82) is 0 Å². The fraction of sp³-hybridized carbons (Fsp3) is 0.0833. The molecule has 0 saturated heterocycles. The highest BCUT2D eigenvalue weighted by Crippen LogP contribution is 2.25. The Morgan fingerprint density at radius 3 is 2.19 bits per heavy atom. The van der Waals surface area contributed by atoms with Crippen molar-refractivity contribution < 1.29 is 18.7 Å². The molecule has 0 unspecified atom stereocenters. The fourth-order valence-electron chi connectivity index (χ4n) is 2.87. The average Bonchev–Trinajstić information content (AvgIpc) is 3.23. The topological polar surface area (TPSA) is 60.5 Å². The molecule has 31 heavy (non-hydrogen) atoms. The number of ether oxygens (including phenoxy) is 2. The number of methoxy groups -OCH3 is 1. The summed E-state index contributed by atoms with van der Waals surface area (Å²) >= 11 is 1.39. The van der Waals surface area contributed by atoms with Crippen LogP contribution < -0.4 is 14.8 Å². The average molecular weight is 434 g/mol. The molecule has 0 radical (unpaired) electrons. The number of carbonyl (C=O) groups excluding carboxylic acids is 1. The van der Waals surface area contributed by atoms with E-state index in [0.717, 1.165) is 16.2 Å². The summed E-state index contributed by atoms with van der Waals surface area (Å²) in [6.45, 7) is 0. The molecule has 3 aromatic carbocycles. The van der Waals surface area contributed by atoms with Crippen LogP contribution in [0.3, 0.4) is 0 Å². The summed E-state index contributed by atoms with van der Waals surface area (Å²) in [6.07, 6.45) is 2.35. The van der Waals surface area contributed by atoms with Crippen LogP contribution in [-0.4, -0.2) is 18.0 Å². The molecular formula is C24H19FN2O3S. The Bertz CT molecular complexity index is 1160. The molecule has 7 heteroatoms. The van der Waals surface area contributed by atoms with Crippen LogP contribution in [0.1, 0.15) is 20.8 Å². The lowest BCUT2D eigenvalue weighted by atomic mass is 10.1. The smallest absolute Gasteiger partial charge is 0.257 e. The van der Waals surface area contributed by atoms with Crippen LogP contribution in [0.2, 0.25) is 0 Å². The number of aromatic nitrogens is 1. The van der Waals surface area contributed by atoms with E-state index in [1.165, 1.54) is 23.5 Å². The van der Waals surface area contributed by atoms with Crippen molar-refractivity contribution in [3.05, 3.63) is 101 Å². The van der Waals surface area contributed by atoms with E-state index in [9.17, 15) is 9.18 Å². The Morgan fingerprint density at radius 1 is 0.935 bits per heavy atom. The van der Waals surface area contributed by atoms with E-state index in [1.807, 2.05) is 24.3 Å². The van der Waals surface area contributed by atoms with Gasteiger partial charge in [-0.05, 0) is 66.2 Å². The maximum Gasteiger partial charge on any atom is 0.257 e. The summed E-state index contributed by atoms with van der Waals surface area (Å²) in [5.41, 5.74) is 1.48. The predicted octanol–water partition coefficient (Wildman–Crippen LogP) is 5.93. The Kier molecular flexibility index (Phi) is 6.24. The van der Waals surface area contributed by atoms with Crippen molar-refractivity contribution in [2.45, 2.75) is 6.42 Å². The minimum Gasteiger partial charge on any atom is -0.497 e. The molecule has 0 bridgehead atoms. The monoisotopic (exact) mass is 434 g/mol. The third kappa shape index (κ3) is 5.46. The third-order valence-electron chi connectivity index (χ3n) is 4.48. The van der Waals surface area contributed by atoms with Gasteiger partial charge in [0.25, 0.3) is 5.91 Å². The maximum atomic E-state index is 13.0. The number of benzene rings is 3. The van der Waals surface area contributed by atoms with Crippen LogP contribution in [0, 0.1) is 5.82 Å². The summed E-state index contributed by atoms with van der Waals surface area (Å²) in [6, 6.07) is 20.5. The molecular weight excluding hydrogens is 415 g/mol. The van der Waals surface area contributed by atoms with E-state index in [-0.39, 0.29) is 11.7 Å². The van der Waals surface area contributed by atoms with E-state index < -0.39 is 0 Å². The van der Waals surface area contributed by atoms with Gasteiger partial charge in [0, 0.05) is 23.1 Å². The van der Waals surface area contributed by atoms with E-state index in [0.29, 0.717) is 28.6 Å². The third-order valence-corrected chi connectivity index (χ3v) is 5.39. The second kappa shape index (κ2) is 9.40. The van der Waals surface area contributed by atoms with Gasteiger partial charge >= 0.3 is 0 Å². The Hall–Kier alpha value is -3.71. The molecule has 0 fully saturated rings. The molecule has 0 spiro atoms. The number of rotatable bonds is 7. The number of carbonyl (C=O) groups is 1. The van der Waals surface area contributed by atoms with Crippen LogP contribution in [0.25, 0.3) is 0 Å². The Morgan fingerprint density at radius 2 is 1.55 bits per heavy atom. The zero-order chi connectivity index (χ0) is 21.6. The summed E-state index contributed by atoms with van der Waals surface area (Å²) in [4.78, 5) is 17.8. The molecule has 0 aliphatic heterocycles. The van der Waals surface area contributed by atoms with Crippen LogP contribution in [0.15, 0.2) is 79.0 Å². The molecule has 0 aliphatic rings. The highest BCUT2D eigenvalue weighted by atomic mass is 32.1. The first-order valence-electron chi connectivity index (χ1n) is 9.51. The Labute approximate surface area is 183 Å². The van der Waals surface area contributed by atoms with Gasteiger partial charge in [-0.1, -0.05) is 12.1 Å². The van der Waals surface area contributed by atoms with Gasteiger partial charge in [0.05, 0.1) is 7.11 Å². The lowest BCUT2D eigenvalue weighted by Crippen LogP contribution is -2.11. The van der Waals surface area contributed by atoms with Gasteiger partial charge in [-0.2, -0.15) is 0 Å². The molecule has 1 aromatic heterocycles. The summed E-state index contributed by atoms with van der Waals surface area (Å²) < 4.78 is 23.9. The van der Waals surface area contributed by atoms with E-state index >= 15 is 0 Å². The second-order valence-electron chi connectivity index (χ2n) is 6.69. The van der Waals surface area contributed by atoms with Crippen LogP contribution in [0.5, 0.6) is 17.2 Å². The summed E-state index contributed by atoms with van der Waals surface area (Å²) in [5.74, 6) is 1.54. The highest BCUT2D eigenvalue weighted by Gasteiger charge is 2.10. The number of nitrogens with zero attached hydrogens (tertiary/aromatic N) is 1. The van der Waals surface area contributed by atoms with Gasteiger partial charge in [-0.25, -0.2) is 9.37 Å². The summed E-state index contributed by atoms with van der Waals surface area (Å²) in [7, 11) is 1.61. The molecule has 0 atom stereocenters. The summed E-state index contributed by atoms with van der Waals surface area (Å²) in [5, 5.41) is 3.32. The van der Waals surface area contributed by atoms with Gasteiger partial charge in [-0.3, -0.25) is 10.1 Å². The van der Waals surface area contributed by atoms with E-state index in [1.54, 1.807) is 49.7 Å². The lowest BCUT2D eigenvalue weighted by Gasteiger charge is -2.07. The van der Waals surface area contributed by atoms with Crippen LogP contribution >= 0.6 is 11.3 Å². The normalized spacial score (nSPS) is 10.5. The van der Waals surface area contributed by atoms with Gasteiger partial charge in [0.1, 0.15) is 23.1 Å². The first kappa shape index (κ1) is 20.6. The number of halogens is 1. The zero-order valence-electron chi connectivity index (χ0n) is 16.7. The number of amides is 1. The van der Waals surface area contributed by atoms with Crippen molar-refractivity contribution in [3.63, 3.8) is 0 Å². The first-order chi connectivity index (χ1) is 15.1. The fourth-order valence-corrected chi connectivity index (χ4v) is 3.72. The van der Waals surface area contributed by atoms with Crippen LogP contribution in [-0.2, 0) is 6.42 Å². The number of anilines is 1. The van der Waals surface area contributed by atoms with Crippen molar-refractivity contribution in [2.75, 3.05) is 12.4 Å². The number of thiazole rings is 1. The minimum atomic E-state index is -0.263. The number of hydrogen-bond donors (Lipinski definition) is 1. The maximum absolute atomic E-state index is 13.0. The van der Waals surface area contributed by atoms with E-state index in [4.69, 9.17) is 9.47 Å². The molecule has 1 amide bonds. The number of nitrogens with one attached hydrogen (secondary N) is 1. The van der Waals surface area contributed by atoms with Crippen LogP contribution in [0.4, 0.5) is 9.52 Å². The lowest BCUT2D eigenvalue weighted by molar-refractivity contribution is 0.102. The standard InChI is InChI=1S/C24H19FN2O3S/c1-29-19-10-12-21(13-11-19)30-20-8-4-17(5-9-20)23(28)27-24-26-15-22(31-24)14-16-2-6-18(25)7-3-16/h2-13,15H,14H2,1H3,(H,26,27,28). The van der Waals surface area contributed by atoms with Crippen molar-refractivity contribution in [1.82, 2.24) is 4.98 Å². The molecule has 5 nitrogen and oxygen atoms in total. The Balaban J connectivity index is 1.35. The minimum absolute atomic E-state index is 0.251. The van der Waals surface area contributed by atoms with Crippen molar-refractivity contribution >= 4 is 22.4 Å². The molecule has 0 saturated carbocycles. The second-order valence-corrected chi connectivity index (χ2v) is 7.81. The first-order valence-corrected chi connectivity index (χ1v) is 10.3. The van der Waals surface area contributed by atoms with Gasteiger partial charge in [0.2, 0.25) is 0 Å².